The van der Waals surface area contributed by atoms with Gasteiger partial charge in [0, 0.05) is 35.8 Å². The molecule has 176 valence electrons. The van der Waals surface area contributed by atoms with Crippen molar-refractivity contribution in [2.75, 3.05) is 26.2 Å². The lowest BCUT2D eigenvalue weighted by atomic mass is 9.98. The minimum Gasteiger partial charge on any atom is -0.494 e. The van der Waals surface area contributed by atoms with Gasteiger partial charge in [0.1, 0.15) is 5.75 Å². The van der Waals surface area contributed by atoms with Gasteiger partial charge >= 0.3 is 0 Å². The van der Waals surface area contributed by atoms with E-state index in [-0.39, 0.29) is 17.5 Å². The number of nitrogens with zero attached hydrogens (tertiary/aromatic N) is 1. The molecule has 1 saturated heterocycles. The summed E-state index contributed by atoms with van der Waals surface area (Å²) in [5.41, 5.74) is 3.56. The fraction of sp³-hybridized carbons (Fsp3) is 0.481. The number of benzene rings is 1. The zero-order valence-electron chi connectivity index (χ0n) is 19.7. The van der Waals surface area contributed by atoms with Gasteiger partial charge < -0.3 is 19.9 Å². The summed E-state index contributed by atoms with van der Waals surface area (Å²) in [6, 6.07) is 11.9. The van der Waals surface area contributed by atoms with Gasteiger partial charge in [-0.3, -0.25) is 9.59 Å². The molecule has 1 aliphatic carbocycles. The Bertz CT molecular complexity index is 1030. The van der Waals surface area contributed by atoms with E-state index in [1.807, 2.05) is 36.4 Å². The van der Waals surface area contributed by atoms with Crippen molar-refractivity contribution in [1.29, 1.82) is 0 Å². The highest BCUT2D eigenvalue weighted by atomic mass is 16.5. The lowest BCUT2D eigenvalue weighted by molar-refractivity contribution is -0.119. The molecule has 33 heavy (non-hydrogen) atoms. The van der Waals surface area contributed by atoms with Gasteiger partial charge in [0.15, 0.2) is 0 Å². The average molecular weight is 450 g/mol. The maximum atomic E-state index is 12.7. The number of hydrogen-bond acceptors (Lipinski definition) is 4. The van der Waals surface area contributed by atoms with Crippen molar-refractivity contribution in [1.82, 2.24) is 15.2 Å². The molecule has 0 unspecified atom stereocenters. The van der Waals surface area contributed by atoms with Crippen molar-refractivity contribution in [2.24, 2.45) is 0 Å². The Morgan fingerprint density at radius 1 is 1.06 bits per heavy atom. The van der Waals surface area contributed by atoms with Crippen molar-refractivity contribution in [3.05, 3.63) is 69.6 Å². The monoisotopic (exact) mass is 449 g/mol. The molecule has 4 rings (SSSR count). The molecule has 2 aliphatic rings. The summed E-state index contributed by atoms with van der Waals surface area (Å²) in [4.78, 5) is 29.9. The van der Waals surface area contributed by atoms with Crippen LogP contribution in [0.1, 0.15) is 68.7 Å². The highest BCUT2D eigenvalue weighted by Gasteiger charge is 2.26. The summed E-state index contributed by atoms with van der Waals surface area (Å²) >= 11 is 0. The van der Waals surface area contributed by atoms with Crippen molar-refractivity contribution < 1.29 is 9.53 Å². The molecule has 2 heterocycles. The smallest absolute Gasteiger partial charge is 0.251 e. The maximum Gasteiger partial charge on any atom is 0.251 e. The van der Waals surface area contributed by atoms with E-state index in [1.54, 1.807) is 0 Å². The second-order valence-electron chi connectivity index (χ2n) is 8.98. The number of aromatic nitrogens is 1. The van der Waals surface area contributed by atoms with Crippen LogP contribution in [0.3, 0.4) is 0 Å². The van der Waals surface area contributed by atoms with Gasteiger partial charge in [0.05, 0.1) is 6.61 Å². The molecule has 0 spiro atoms. The quantitative estimate of drug-likeness (QED) is 0.507. The molecule has 1 atom stereocenters. The van der Waals surface area contributed by atoms with Gasteiger partial charge in [-0.25, -0.2) is 0 Å². The summed E-state index contributed by atoms with van der Waals surface area (Å²) < 4.78 is 5.94. The first kappa shape index (κ1) is 23.3. The largest absolute Gasteiger partial charge is 0.494 e. The molecule has 0 radical (unpaired) electrons. The number of ether oxygens (including phenoxy) is 1. The van der Waals surface area contributed by atoms with Crippen LogP contribution in [-0.2, 0) is 4.79 Å². The van der Waals surface area contributed by atoms with Gasteiger partial charge in [0.25, 0.3) is 5.56 Å². The average Bonchev–Trinajstić information content (AvgIpc) is 3.59. The topological polar surface area (TPSA) is 74.4 Å². The number of pyridine rings is 1. The number of aromatic amines is 1. The number of carbonyl (C=O) groups excluding carboxylic acids is 1. The first-order chi connectivity index (χ1) is 16.1. The van der Waals surface area contributed by atoms with E-state index in [0.717, 1.165) is 73.5 Å². The Hall–Kier alpha value is -2.86. The van der Waals surface area contributed by atoms with Crippen LogP contribution < -0.4 is 15.6 Å². The Morgan fingerprint density at radius 2 is 1.82 bits per heavy atom. The fourth-order valence-electron chi connectivity index (χ4n) is 4.41. The third-order valence-corrected chi connectivity index (χ3v) is 6.59. The summed E-state index contributed by atoms with van der Waals surface area (Å²) in [6.45, 7) is 8.20. The summed E-state index contributed by atoms with van der Waals surface area (Å²) in [5.74, 6) is 1.31. The Morgan fingerprint density at radius 3 is 2.42 bits per heavy atom. The van der Waals surface area contributed by atoms with Gasteiger partial charge in [-0.1, -0.05) is 38.1 Å². The van der Waals surface area contributed by atoms with Gasteiger partial charge in [-0.05, 0) is 68.5 Å². The molecule has 1 amide bonds. The molecule has 2 N–H and O–H groups in total. The maximum absolute atomic E-state index is 12.7. The Kier molecular flexibility index (Phi) is 7.65. The van der Waals surface area contributed by atoms with E-state index in [1.165, 1.54) is 0 Å². The molecule has 1 saturated carbocycles. The molecule has 2 fully saturated rings. The molecule has 1 aromatic heterocycles. The lowest BCUT2D eigenvalue weighted by Crippen LogP contribution is -2.25. The van der Waals surface area contributed by atoms with Crippen LogP contribution in [0, 0.1) is 0 Å². The highest BCUT2D eigenvalue weighted by molar-refractivity contribution is 5.82. The van der Waals surface area contributed by atoms with Crippen molar-refractivity contribution in [2.45, 2.75) is 57.9 Å². The van der Waals surface area contributed by atoms with Crippen LogP contribution in [0.15, 0.2) is 47.3 Å². The molecule has 2 aromatic rings. The van der Waals surface area contributed by atoms with Crippen LogP contribution in [-0.4, -0.2) is 48.1 Å². The van der Waals surface area contributed by atoms with Gasteiger partial charge in [-0.2, -0.15) is 0 Å². The van der Waals surface area contributed by atoms with Crippen LogP contribution in [0.5, 0.6) is 5.75 Å². The standard InChI is InChI=1S/C27H35N3O3/c1-3-30(4-2)16-5-17-33-22-11-8-20(9-12-22)24(18-21-10-15-26(31)28-21)25-14-13-23(19-6-7-19)27(32)29-25/h8-9,11-14,18-19,21H,3-7,10,15-17H2,1-2H3,(H,28,31)(H,29,32)/b24-18-/t21-/m1/s1. The summed E-state index contributed by atoms with van der Waals surface area (Å²) in [6.07, 6.45) is 6.54. The third-order valence-electron chi connectivity index (χ3n) is 6.59. The lowest BCUT2D eigenvalue weighted by Gasteiger charge is -2.17. The molecule has 1 aromatic carbocycles. The highest BCUT2D eigenvalue weighted by Crippen LogP contribution is 2.38. The number of nitrogens with one attached hydrogen (secondary N) is 2. The first-order valence-electron chi connectivity index (χ1n) is 12.3. The predicted molar refractivity (Wildman–Crippen MR) is 132 cm³/mol. The van der Waals surface area contributed by atoms with Crippen molar-refractivity contribution in [3.8, 4) is 5.75 Å². The molecule has 6 heteroatoms. The molecular formula is C27H35N3O3. The van der Waals surface area contributed by atoms with E-state index >= 15 is 0 Å². The van der Waals surface area contributed by atoms with E-state index in [4.69, 9.17) is 4.74 Å². The number of carbonyl (C=O) groups is 1. The SMILES string of the molecule is CCN(CC)CCCOc1ccc(/C(=C/[C@H]2CCC(=O)N2)c2ccc(C3CC3)c(=O)[nH]2)cc1. The Labute approximate surface area is 196 Å². The summed E-state index contributed by atoms with van der Waals surface area (Å²) in [7, 11) is 0. The Balaban J connectivity index is 1.50. The van der Waals surface area contributed by atoms with E-state index in [0.29, 0.717) is 18.9 Å². The molecule has 1 aliphatic heterocycles. The predicted octanol–water partition coefficient (Wildman–Crippen LogP) is 4.07. The van der Waals surface area contributed by atoms with Gasteiger partial charge in [-0.15, -0.1) is 0 Å². The zero-order chi connectivity index (χ0) is 23.2. The number of amides is 1. The second kappa shape index (κ2) is 10.8. The van der Waals surface area contributed by atoms with Crippen LogP contribution in [0.25, 0.3) is 5.57 Å². The van der Waals surface area contributed by atoms with E-state index < -0.39 is 0 Å². The minimum absolute atomic E-state index is 0.00971. The molecular weight excluding hydrogens is 414 g/mol. The van der Waals surface area contributed by atoms with Gasteiger partial charge in [0.2, 0.25) is 5.91 Å². The second-order valence-corrected chi connectivity index (χ2v) is 8.98. The normalized spacial score (nSPS) is 18.6. The minimum atomic E-state index is -0.0323. The van der Waals surface area contributed by atoms with Crippen LogP contribution >= 0.6 is 0 Å². The van der Waals surface area contributed by atoms with Crippen LogP contribution in [0.2, 0.25) is 0 Å². The molecule has 0 bridgehead atoms. The third kappa shape index (κ3) is 6.14. The fourth-order valence-corrected chi connectivity index (χ4v) is 4.41. The van der Waals surface area contributed by atoms with Crippen molar-refractivity contribution in [3.63, 3.8) is 0 Å². The number of rotatable bonds is 11. The van der Waals surface area contributed by atoms with Crippen LogP contribution in [0.4, 0.5) is 0 Å². The summed E-state index contributed by atoms with van der Waals surface area (Å²) in [5, 5.41) is 3.01. The number of H-pyrrole nitrogens is 1. The first-order valence-corrected chi connectivity index (χ1v) is 12.3. The van der Waals surface area contributed by atoms with E-state index in [9.17, 15) is 9.59 Å². The zero-order valence-corrected chi connectivity index (χ0v) is 19.7. The van der Waals surface area contributed by atoms with Crippen molar-refractivity contribution >= 4 is 11.5 Å². The molecule has 6 nitrogen and oxygen atoms in total. The van der Waals surface area contributed by atoms with E-state index in [2.05, 4.69) is 35.1 Å². The number of hydrogen-bond donors (Lipinski definition) is 2.